The average Bonchev–Trinajstić information content (AvgIpc) is 2.16. The van der Waals surface area contributed by atoms with E-state index in [1.807, 2.05) is 0 Å². The molecule has 0 radical (unpaired) electrons. The van der Waals surface area contributed by atoms with Crippen molar-refractivity contribution in [1.29, 1.82) is 0 Å². The predicted octanol–water partition coefficient (Wildman–Crippen LogP) is 5.68. The van der Waals surface area contributed by atoms with Crippen LogP contribution in [0.15, 0.2) is 0 Å². The minimum absolute atomic E-state index is 0.299. The molecule has 0 bridgehead atoms. The van der Waals surface area contributed by atoms with Crippen LogP contribution in [0.4, 0.5) is 0 Å². The van der Waals surface area contributed by atoms with Crippen molar-refractivity contribution in [1.82, 2.24) is 0 Å². The van der Waals surface area contributed by atoms with Gasteiger partial charge < -0.3 is 0 Å². The number of hydrogen-bond acceptors (Lipinski definition) is 0. The van der Waals surface area contributed by atoms with E-state index in [1.165, 1.54) is 19.3 Å². The van der Waals surface area contributed by atoms with Crippen LogP contribution in [0.3, 0.4) is 0 Å². The highest BCUT2D eigenvalue weighted by atomic mass is 35.7. The summed E-state index contributed by atoms with van der Waals surface area (Å²) in [5.41, 5.74) is 0.616. The first-order chi connectivity index (χ1) is 6.59. The molecule has 88 valence electrons. The molecule has 14 heavy (non-hydrogen) atoms. The lowest BCUT2D eigenvalue weighted by atomic mass is 10.3. The van der Waals surface area contributed by atoms with E-state index in [-0.39, 0.29) is 7.27 Å². The van der Waals surface area contributed by atoms with Crippen LogP contribution < -0.4 is 0 Å². The molecule has 0 saturated carbocycles. The van der Waals surface area contributed by atoms with Gasteiger partial charge in [-0.25, -0.2) is 0 Å². The molecule has 0 spiro atoms. The molecule has 0 aromatic heterocycles. The van der Waals surface area contributed by atoms with Crippen molar-refractivity contribution < 1.29 is 0 Å². The normalized spacial score (nSPS) is 12.2. The summed E-state index contributed by atoms with van der Waals surface area (Å²) >= 11 is 16.7. The molecule has 0 amide bonds. The zero-order valence-corrected chi connectivity index (χ0v) is 12.6. The summed E-state index contributed by atoms with van der Waals surface area (Å²) in [7, 11) is -0.299. The smallest absolute Gasteiger partial charge is 0.0273 e. The third-order valence-corrected chi connectivity index (χ3v) is 5.77. The summed E-state index contributed by atoms with van der Waals surface area (Å²) in [6.45, 7) is 6.43. The summed E-state index contributed by atoms with van der Waals surface area (Å²) in [5, 5.41) is 0. The summed E-state index contributed by atoms with van der Waals surface area (Å²) in [6, 6.07) is 0. The first-order valence-corrected chi connectivity index (χ1v) is 8.71. The molecular formula is C10H22Cl3P. The number of unbranched alkanes of at least 4 members (excludes halogenated alkanes) is 2. The molecule has 0 aliphatic heterocycles. The Morgan fingerprint density at radius 3 is 1.79 bits per heavy atom. The van der Waals surface area contributed by atoms with Crippen molar-refractivity contribution in [3.05, 3.63) is 0 Å². The van der Waals surface area contributed by atoms with Crippen LogP contribution in [0.2, 0.25) is 0 Å². The molecule has 0 aliphatic rings. The molecule has 4 heteroatoms. The molecule has 0 N–H and O–H groups in total. The van der Waals surface area contributed by atoms with Crippen LogP contribution in [0.1, 0.15) is 40.0 Å². The Morgan fingerprint density at radius 2 is 1.64 bits per heavy atom. The Morgan fingerprint density at radius 1 is 1.07 bits per heavy atom. The second-order valence-corrected chi connectivity index (χ2v) is 7.64. The van der Waals surface area contributed by atoms with Crippen molar-refractivity contribution in [2.24, 2.45) is 0 Å². The quantitative estimate of drug-likeness (QED) is 0.333. The highest BCUT2D eigenvalue weighted by Gasteiger charge is 2.06. The fourth-order valence-electron chi connectivity index (χ4n) is 0.683. The molecule has 0 saturated heterocycles. The van der Waals surface area contributed by atoms with Gasteiger partial charge in [-0.2, -0.15) is 0 Å². The molecule has 1 unspecified atom stereocenters. The van der Waals surface area contributed by atoms with Crippen molar-refractivity contribution in [3.63, 3.8) is 0 Å². The molecule has 0 nitrogen and oxygen atoms in total. The SMILES string of the molecule is CC(C)P(Cl)CCCl.CCCCCCl. The van der Waals surface area contributed by atoms with Crippen LogP contribution in [0, 0.1) is 0 Å². The van der Waals surface area contributed by atoms with Crippen LogP contribution in [0.5, 0.6) is 0 Å². The lowest BCUT2D eigenvalue weighted by Crippen LogP contribution is -1.91. The van der Waals surface area contributed by atoms with Gasteiger partial charge in [0.1, 0.15) is 0 Å². The van der Waals surface area contributed by atoms with E-state index in [4.69, 9.17) is 34.4 Å². The van der Waals surface area contributed by atoms with Crippen molar-refractivity contribution in [2.75, 3.05) is 17.9 Å². The predicted molar refractivity (Wildman–Crippen MR) is 73.7 cm³/mol. The second-order valence-electron chi connectivity index (χ2n) is 3.30. The summed E-state index contributed by atoms with van der Waals surface area (Å²) < 4.78 is 0. The third-order valence-electron chi connectivity index (χ3n) is 1.60. The van der Waals surface area contributed by atoms with Gasteiger partial charge >= 0.3 is 0 Å². The zero-order chi connectivity index (χ0) is 11.4. The fourth-order valence-corrected chi connectivity index (χ4v) is 2.61. The molecular weight excluding hydrogens is 257 g/mol. The first kappa shape index (κ1) is 17.7. The van der Waals surface area contributed by atoms with Crippen molar-refractivity contribution in [3.8, 4) is 0 Å². The van der Waals surface area contributed by atoms with Gasteiger partial charge in [-0.05, 0) is 25.5 Å². The zero-order valence-electron chi connectivity index (χ0n) is 9.40. The van der Waals surface area contributed by atoms with E-state index in [0.717, 1.165) is 12.0 Å². The summed E-state index contributed by atoms with van der Waals surface area (Å²) in [4.78, 5) is 0. The highest BCUT2D eigenvalue weighted by Crippen LogP contribution is 2.45. The maximum absolute atomic E-state index is 5.90. The van der Waals surface area contributed by atoms with E-state index < -0.39 is 0 Å². The molecule has 0 heterocycles. The van der Waals surface area contributed by atoms with Crippen molar-refractivity contribution in [2.45, 2.75) is 45.7 Å². The summed E-state index contributed by atoms with van der Waals surface area (Å²) in [6.07, 6.45) is 4.71. The lowest BCUT2D eigenvalue weighted by Gasteiger charge is -2.09. The van der Waals surface area contributed by atoms with E-state index in [2.05, 4.69) is 20.8 Å². The first-order valence-electron chi connectivity index (χ1n) is 5.14. The van der Waals surface area contributed by atoms with E-state index in [9.17, 15) is 0 Å². The average molecular weight is 280 g/mol. The van der Waals surface area contributed by atoms with Crippen LogP contribution in [-0.2, 0) is 0 Å². The van der Waals surface area contributed by atoms with Crippen LogP contribution in [0.25, 0.3) is 0 Å². The molecule has 0 rings (SSSR count). The number of rotatable bonds is 6. The number of alkyl halides is 2. The highest BCUT2D eigenvalue weighted by molar-refractivity contribution is 7.84. The van der Waals surface area contributed by atoms with E-state index >= 15 is 0 Å². The minimum atomic E-state index is -0.299. The van der Waals surface area contributed by atoms with E-state index in [0.29, 0.717) is 11.5 Å². The van der Waals surface area contributed by atoms with Gasteiger partial charge in [-0.1, -0.05) is 44.9 Å². The van der Waals surface area contributed by atoms with Gasteiger partial charge in [-0.15, -0.1) is 23.2 Å². The largest absolute Gasteiger partial charge is 0.127 e. The Balaban J connectivity index is 0. The van der Waals surface area contributed by atoms with Crippen molar-refractivity contribution >= 4 is 41.7 Å². The Bertz CT molecular complexity index is 95.4. The van der Waals surface area contributed by atoms with Crippen LogP contribution in [-0.4, -0.2) is 23.6 Å². The number of halogens is 3. The molecule has 0 aromatic rings. The Hall–Kier alpha value is 1.30. The third kappa shape index (κ3) is 15.8. The van der Waals surface area contributed by atoms with Crippen LogP contribution >= 0.6 is 41.7 Å². The van der Waals surface area contributed by atoms with Gasteiger partial charge in [0.25, 0.3) is 0 Å². The molecule has 0 aliphatic carbocycles. The summed E-state index contributed by atoms with van der Waals surface area (Å²) in [5.74, 6) is 1.53. The van der Waals surface area contributed by atoms with Gasteiger partial charge in [0, 0.05) is 11.8 Å². The van der Waals surface area contributed by atoms with Gasteiger partial charge in [0.15, 0.2) is 0 Å². The molecule has 0 fully saturated rings. The maximum atomic E-state index is 5.90. The van der Waals surface area contributed by atoms with Gasteiger partial charge in [0.2, 0.25) is 0 Å². The minimum Gasteiger partial charge on any atom is -0.127 e. The van der Waals surface area contributed by atoms with Gasteiger partial charge in [-0.3, -0.25) is 0 Å². The van der Waals surface area contributed by atoms with E-state index in [1.54, 1.807) is 0 Å². The molecule has 0 aromatic carbocycles. The monoisotopic (exact) mass is 278 g/mol. The maximum Gasteiger partial charge on any atom is 0.0273 e. The standard InChI is InChI=1S/C5H11Cl2P.C5H11Cl/c1-5(2)8(7)4-3-6;1-2-3-4-5-6/h5H,3-4H2,1-2H3;2-5H2,1H3. The number of hydrogen-bond donors (Lipinski definition) is 0. The molecule has 1 atom stereocenters. The Labute approximate surface area is 105 Å². The second kappa shape index (κ2) is 14.3. The Kier molecular flexibility index (Phi) is 18.1. The lowest BCUT2D eigenvalue weighted by molar-refractivity contribution is 0.776. The fraction of sp³-hybridized carbons (Fsp3) is 1.00. The topological polar surface area (TPSA) is 0 Å². The van der Waals surface area contributed by atoms with Gasteiger partial charge in [0.05, 0.1) is 0 Å².